The third-order valence-electron chi connectivity index (χ3n) is 3.22. The number of nitrogens with one attached hydrogen (secondary N) is 1. The normalized spacial score (nSPS) is 24.9. The van der Waals surface area contributed by atoms with Crippen LogP contribution in [0, 0.1) is 5.92 Å². The van der Waals surface area contributed by atoms with Gasteiger partial charge in [0.05, 0.1) is 6.61 Å². The second kappa shape index (κ2) is 5.47. The second-order valence-corrected chi connectivity index (χ2v) is 4.32. The summed E-state index contributed by atoms with van der Waals surface area (Å²) in [5.41, 5.74) is 0. The molecular formula is C11H20N2O2. The fourth-order valence-corrected chi connectivity index (χ4v) is 2.29. The van der Waals surface area contributed by atoms with E-state index in [4.69, 9.17) is 4.74 Å². The molecule has 2 aliphatic heterocycles. The minimum atomic E-state index is 0.254. The van der Waals surface area contributed by atoms with Crippen LogP contribution in [0.5, 0.6) is 0 Å². The predicted octanol–water partition coefficient (Wildman–Crippen LogP) is 0.235. The van der Waals surface area contributed by atoms with E-state index in [1.54, 1.807) is 0 Å². The average Bonchev–Trinajstić information content (AvgIpc) is 2.58. The van der Waals surface area contributed by atoms with Crippen LogP contribution in [0.25, 0.3) is 0 Å². The monoisotopic (exact) mass is 212 g/mol. The van der Waals surface area contributed by atoms with Crippen molar-refractivity contribution in [3.63, 3.8) is 0 Å². The first-order valence-electron chi connectivity index (χ1n) is 5.95. The van der Waals surface area contributed by atoms with Gasteiger partial charge < -0.3 is 15.0 Å². The molecule has 0 aromatic rings. The van der Waals surface area contributed by atoms with E-state index in [1.807, 2.05) is 4.90 Å². The van der Waals surface area contributed by atoms with Crippen molar-refractivity contribution in [3.05, 3.63) is 0 Å². The van der Waals surface area contributed by atoms with Crippen LogP contribution in [0.2, 0.25) is 0 Å². The smallest absolute Gasteiger partial charge is 0.225 e. The fourth-order valence-electron chi connectivity index (χ4n) is 2.29. The molecule has 2 saturated heterocycles. The Kier molecular flexibility index (Phi) is 3.97. The maximum absolute atomic E-state index is 12.1. The van der Waals surface area contributed by atoms with Crippen LogP contribution in [-0.4, -0.2) is 50.2 Å². The Hall–Kier alpha value is -0.610. The van der Waals surface area contributed by atoms with E-state index in [1.165, 1.54) is 0 Å². The molecule has 2 fully saturated rings. The molecule has 2 aliphatic rings. The highest BCUT2D eigenvalue weighted by Gasteiger charge is 2.26. The molecule has 2 rings (SSSR count). The fraction of sp³-hybridized carbons (Fsp3) is 0.909. The van der Waals surface area contributed by atoms with Crippen LogP contribution in [0.15, 0.2) is 0 Å². The Morgan fingerprint density at radius 3 is 2.80 bits per heavy atom. The minimum absolute atomic E-state index is 0.254. The molecule has 4 nitrogen and oxygen atoms in total. The van der Waals surface area contributed by atoms with Crippen LogP contribution in [0.4, 0.5) is 0 Å². The zero-order valence-electron chi connectivity index (χ0n) is 9.21. The van der Waals surface area contributed by atoms with Crippen LogP contribution in [0.1, 0.15) is 19.3 Å². The zero-order chi connectivity index (χ0) is 10.5. The SMILES string of the molecule is O=C(C1CCNCC1)N1CCCOCC1. The minimum Gasteiger partial charge on any atom is -0.380 e. The molecular weight excluding hydrogens is 192 g/mol. The van der Waals surface area contributed by atoms with Gasteiger partial charge in [0.25, 0.3) is 0 Å². The number of carbonyl (C=O) groups excluding carboxylic acids is 1. The lowest BCUT2D eigenvalue weighted by atomic mass is 9.96. The van der Waals surface area contributed by atoms with Crippen molar-refractivity contribution >= 4 is 5.91 Å². The third-order valence-corrected chi connectivity index (χ3v) is 3.22. The number of carbonyl (C=O) groups is 1. The van der Waals surface area contributed by atoms with Gasteiger partial charge in [-0.3, -0.25) is 4.79 Å². The topological polar surface area (TPSA) is 41.6 Å². The first-order chi connectivity index (χ1) is 7.38. The Morgan fingerprint density at radius 1 is 1.20 bits per heavy atom. The molecule has 0 saturated carbocycles. The predicted molar refractivity (Wildman–Crippen MR) is 57.6 cm³/mol. The molecule has 1 amide bonds. The van der Waals surface area contributed by atoms with E-state index in [0.29, 0.717) is 12.5 Å². The van der Waals surface area contributed by atoms with Crippen molar-refractivity contribution < 1.29 is 9.53 Å². The van der Waals surface area contributed by atoms with Crippen LogP contribution >= 0.6 is 0 Å². The van der Waals surface area contributed by atoms with Gasteiger partial charge in [0.1, 0.15) is 0 Å². The summed E-state index contributed by atoms with van der Waals surface area (Å²) in [6, 6.07) is 0. The van der Waals surface area contributed by atoms with E-state index < -0.39 is 0 Å². The maximum Gasteiger partial charge on any atom is 0.225 e. The van der Waals surface area contributed by atoms with Gasteiger partial charge in [-0.2, -0.15) is 0 Å². The van der Waals surface area contributed by atoms with Gasteiger partial charge in [-0.25, -0.2) is 0 Å². The number of hydrogen-bond donors (Lipinski definition) is 1. The summed E-state index contributed by atoms with van der Waals surface area (Å²) in [4.78, 5) is 14.1. The second-order valence-electron chi connectivity index (χ2n) is 4.32. The number of piperidine rings is 1. The summed E-state index contributed by atoms with van der Waals surface area (Å²) < 4.78 is 5.36. The summed E-state index contributed by atoms with van der Waals surface area (Å²) in [5.74, 6) is 0.603. The molecule has 0 bridgehead atoms. The lowest BCUT2D eigenvalue weighted by Crippen LogP contribution is -2.42. The van der Waals surface area contributed by atoms with Crippen LogP contribution in [0.3, 0.4) is 0 Å². The molecule has 0 aromatic heterocycles. The highest BCUT2D eigenvalue weighted by molar-refractivity contribution is 5.79. The van der Waals surface area contributed by atoms with E-state index in [2.05, 4.69) is 5.32 Å². The summed E-state index contributed by atoms with van der Waals surface area (Å²) in [6.45, 7) is 5.14. The standard InChI is InChI=1S/C11H20N2O2/c14-11(10-2-4-12-5-3-10)13-6-1-8-15-9-7-13/h10,12H,1-9H2. The number of hydrogen-bond acceptors (Lipinski definition) is 3. The van der Waals surface area contributed by atoms with E-state index in [9.17, 15) is 4.79 Å². The molecule has 0 unspecified atom stereocenters. The Labute approximate surface area is 91.0 Å². The molecule has 0 spiro atoms. The number of rotatable bonds is 1. The quantitative estimate of drug-likeness (QED) is 0.677. The molecule has 0 aromatic carbocycles. The first kappa shape index (κ1) is 10.9. The van der Waals surface area contributed by atoms with Gasteiger partial charge in [-0.1, -0.05) is 0 Å². The molecule has 4 heteroatoms. The third kappa shape index (κ3) is 2.92. The van der Waals surface area contributed by atoms with Crippen LogP contribution < -0.4 is 5.32 Å². The molecule has 15 heavy (non-hydrogen) atoms. The van der Waals surface area contributed by atoms with Gasteiger partial charge in [0.2, 0.25) is 5.91 Å². The van der Waals surface area contributed by atoms with E-state index in [-0.39, 0.29) is 5.92 Å². The number of amides is 1. The molecule has 0 aliphatic carbocycles. The lowest BCUT2D eigenvalue weighted by molar-refractivity contribution is -0.136. The van der Waals surface area contributed by atoms with Gasteiger partial charge >= 0.3 is 0 Å². The Bertz CT molecular complexity index is 207. The van der Waals surface area contributed by atoms with Crippen molar-refractivity contribution in [3.8, 4) is 0 Å². The lowest BCUT2D eigenvalue weighted by Gasteiger charge is -2.28. The molecule has 0 radical (unpaired) electrons. The zero-order valence-corrected chi connectivity index (χ0v) is 9.21. The highest BCUT2D eigenvalue weighted by atomic mass is 16.5. The van der Waals surface area contributed by atoms with Crippen molar-refractivity contribution in [2.75, 3.05) is 39.4 Å². The first-order valence-corrected chi connectivity index (χ1v) is 5.95. The largest absolute Gasteiger partial charge is 0.380 e. The maximum atomic E-state index is 12.1. The van der Waals surface area contributed by atoms with Gasteiger partial charge in [-0.15, -0.1) is 0 Å². The highest BCUT2D eigenvalue weighted by Crippen LogP contribution is 2.16. The molecule has 2 heterocycles. The van der Waals surface area contributed by atoms with Crippen LogP contribution in [-0.2, 0) is 9.53 Å². The van der Waals surface area contributed by atoms with E-state index >= 15 is 0 Å². The molecule has 0 atom stereocenters. The molecule has 1 N–H and O–H groups in total. The number of nitrogens with zero attached hydrogens (tertiary/aromatic N) is 1. The summed E-state index contributed by atoms with van der Waals surface area (Å²) in [6.07, 6.45) is 2.98. The van der Waals surface area contributed by atoms with Crippen molar-refractivity contribution in [2.24, 2.45) is 5.92 Å². The Morgan fingerprint density at radius 2 is 2.00 bits per heavy atom. The van der Waals surface area contributed by atoms with Gasteiger partial charge in [-0.05, 0) is 32.4 Å². The van der Waals surface area contributed by atoms with Crippen molar-refractivity contribution in [1.82, 2.24) is 10.2 Å². The Balaban J connectivity index is 1.87. The number of ether oxygens (including phenoxy) is 1. The van der Waals surface area contributed by atoms with E-state index in [0.717, 1.165) is 52.0 Å². The summed E-state index contributed by atoms with van der Waals surface area (Å²) in [7, 11) is 0. The molecule has 86 valence electrons. The summed E-state index contributed by atoms with van der Waals surface area (Å²) in [5, 5.41) is 3.29. The average molecular weight is 212 g/mol. The van der Waals surface area contributed by atoms with Crippen molar-refractivity contribution in [1.29, 1.82) is 0 Å². The van der Waals surface area contributed by atoms with Gasteiger partial charge in [0.15, 0.2) is 0 Å². The van der Waals surface area contributed by atoms with Gasteiger partial charge in [0, 0.05) is 25.6 Å². The summed E-state index contributed by atoms with van der Waals surface area (Å²) >= 11 is 0. The van der Waals surface area contributed by atoms with Crippen molar-refractivity contribution in [2.45, 2.75) is 19.3 Å².